The molecule has 3 aromatic rings. The highest BCUT2D eigenvalue weighted by Gasteiger charge is 2.26. The van der Waals surface area contributed by atoms with Crippen molar-refractivity contribution in [1.29, 1.82) is 5.26 Å². The van der Waals surface area contributed by atoms with Crippen molar-refractivity contribution in [3.8, 4) is 17.5 Å². The summed E-state index contributed by atoms with van der Waals surface area (Å²) >= 11 is 2.92. The molecule has 1 aliphatic rings. The normalized spacial score (nSPS) is 15.3. The van der Waals surface area contributed by atoms with E-state index in [-0.39, 0.29) is 11.7 Å². The molecule has 1 unspecified atom stereocenters. The number of nitrogens with zero attached hydrogens (tertiary/aromatic N) is 4. The highest BCUT2D eigenvalue weighted by molar-refractivity contribution is 7.99. The molecule has 0 bridgehead atoms. The van der Waals surface area contributed by atoms with E-state index >= 15 is 0 Å². The summed E-state index contributed by atoms with van der Waals surface area (Å²) in [5.41, 5.74) is 4.06. The maximum absolute atomic E-state index is 12.7. The van der Waals surface area contributed by atoms with Gasteiger partial charge in [0, 0.05) is 17.5 Å². The molecule has 4 rings (SSSR count). The van der Waals surface area contributed by atoms with Crippen LogP contribution in [0.25, 0.3) is 11.4 Å². The molecular weight excluding hydrogens is 450 g/mol. The van der Waals surface area contributed by atoms with Gasteiger partial charge in [0.15, 0.2) is 11.0 Å². The summed E-state index contributed by atoms with van der Waals surface area (Å²) in [5.74, 6) is 2.01. The van der Waals surface area contributed by atoms with Crippen LogP contribution in [0.2, 0.25) is 0 Å². The zero-order valence-corrected chi connectivity index (χ0v) is 21.1. The first-order valence-corrected chi connectivity index (χ1v) is 13.2. The second-order valence-corrected chi connectivity index (χ2v) is 10.9. The van der Waals surface area contributed by atoms with E-state index in [0.29, 0.717) is 27.6 Å². The van der Waals surface area contributed by atoms with Crippen molar-refractivity contribution in [3.05, 3.63) is 45.8 Å². The van der Waals surface area contributed by atoms with Gasteiger partial charge in [0.2, 0.25) is 5.91 Å². The standard InChI is InChI=1S/C25H29N5OS2/c1-5-16-6-11-19-20(13-26)24(33-21(19)12-16)27-22(31)14-32-25-29-28-23(30(25)4)18-9-7-17(8-10-18)15(2)3/h7-10,15-16H,5-6,11-12,14H2,1-4H3,(H,27,31). The molecule has 0 saturated heterocycles. The topological polar surface area (TPSA) is 83.6 Å². The Bertz CT molecular complexity index is 1190. The van der Waals surface area contributed by atoms with Crippen molar-refractivity contribution < 1.29 is 4.79 Å². The van der Waals surface area contributed by atoms with Gasteiger partial charge in [-0.05, 0) is 42.2 Å². The van der Waals surface area contributed by atoms with E-state index in [2.05, 4.69) is 66.6 Å². The number of thiophene rings is 1. The quantitative estimate of drug-likeness (QED) is 0.434. The van der Waals surface area contributed by atoms with Crippen LogP contribution in [0.15, 0.2) is 29.4 Å². The number of amides is 1. The summed E-state index contributed by atoms with van der Waals surface area (Å²) in [6.45, 7) is 6.56. The number of carbonyl (C=O) groups excluding carboxylic acids is 1. The Morgan fingerprint density at radius 3 is 2.76 bits per heavy atom. The fourth-order valence-electron chi connectivity index (χ4n) is 4.21. The fourth-order valence-corrected chi connectivity index (χ4v) is 6.25. The molecule has 2 aromatic heterocycles. The Balaban J connectivity index is 1.41. The van der Waals surface area contributed by atoms with Gasteiger partial charge < -0.3 is 9.88 Å². The van der Waals surface area contributed by atoms with Crippen molar-refractivity contribution in [2.45, 2.75) is 57.5 Å². The first-order valence-electron chi connectivity index (χ1n) is 11.4. The number of benzene rings is 1. The Hall–Kier alpha value is -2.63. The van der Waals surface area contributed by atoms with E-state index in [1.54, 1.807) is 11.3 Å². The minimum Gasteiger partial charge on any atom is -0.316 e. The monoisotopic (exact) mass is 479 g/mol. The summed E-state index contributed by atoms with van der Waals surface area (Å²) in [7, 11) is 1.91. The average Bonchev–Trinajstić information content (AvgIpc) is 3.36. The highest BCUT2D eigenvalue weighted by Crippen LogP contribution is 2.40. The minimum absolute atomic E-state index is 0.132. The Labute approximate surface area is 203 Å². The van der Waals surface area contributed by atoms with Crippen molar-refractivity contribution in [1.82, 2.24) is 14.8 Å². The van der Waals surface area contributed by atoms with Crippen LogP contribution in [-0.2, 0) is 24.7 Å². The number of nitriles is 1. The smallest absolute Gasteiger partial charge is 0.235 e. The molecule has 0 spiro atoms. The largest absolute Gasteiger partial charge is 0.316 e. The van der Waals surface area contributed by atoms with Crippen LogP contribution in [0, 0.1) is 17.2 Å². The second kappa shape index (κ2) is 10.1. The summed E-state index contributed by atoms with van der Waals surface area (Å²) < 4.78 is 1.91. The van der Waals surface area contributed by atoms with Crippen LogP contribution in [0.1, 0.15) is 61.1 Å². The Morgan fingerprint density at radius 1 is 1.33 bits per heavy atom. The number of nitrogens with one attached hydrogen (secondary N) is 1. The van der Waals surface area contributed by atoms with Crippen molar-refractivity contribution in [2.24, 2.45) is 13.0 Å². The maximum Gasteiger partial charge on any atom is 0.235 e. The summed E-state index contributed by atoms with van der Waals surface area (Å²) in [6.07, 6.45) is 4.21. The molecule has 33 heavy (non-hydrogen) atoms. The third-order valence-electron chi connectivity index (χ3n) is 6.31. The van der Waals surface area contributed by atoms with Crippen LogP contribution in [-0.4, -0.2) is 26.4 Å². The second-order valence-electron chi connectivity index (χ2n) is 8.82. The first-order chi connectivity index (χ1) is 15.9. The molecule has 0 radical (unpaired) electrons. The fraction of sp³-hybridized carbons (Fsp3) is 0.440. The molecule has 1 aliphatic carbocycles. The average molecular weight is 480 g/mol. The van der Waals surface area contributed by atoms with Crippen LogP contribution < -0.4 is 5.32 Å². The number of rotatable bonds is 7. The van der Waals surface area contributed by atoms with Gasteiger partial charge in [-0.15, -0.1) is 21.5 Å². The number of thioether (sulfide) groups is 1. The number of anilines is 1. The SMILES string of the molecule is CCC1CCc2c(sc(NC(=O)CSc3nnc(-c4ccc(C(C)C)cc4)n3C)c2C#N)C1. The number of hydrogen-bond acceptors (Lipinski definition) is 6. The predicted molar refractivity (Wildman–Crippen MR) is 135 cm³/mol. The third kappa shape index (κ3) is 4.99. The molecule has 8 heteroatoms. The molecule has 1 N–H and O–H groups in total. The molecule has 0 saturated carbocycles. The van der Waals surface area contributed by atoms with E-state index < -0.39 is 0 Å². The van der Waals surface area contributed by atoms with Crippen LogP contribution in [0.3, 0.4) is 0 Å². The molecule has 6 nitrogen and oxygen atoms in total. The van der Waals surface area contributed by atoms with E-state index in [4.69, 9.17) is 0 Å². The molecule has 2 heterocycles. The molecule has 172 valence electrons. The summed E-state index contributed by atoms with van der Waals surface area (Å²) in [4.78, 5) is 13.9. The highest BCUT2D eigenvalue weighted by atomic mass is 32.2. The van der Waals surface area contributed by atoms with Gasteiger partial charge in [-0.25, -0.2) is 0 Å². The van der Waals surface area contributed by atoms with E-state index in [9.17, 15) is 10.1 Å². The number of hydrogen-bond donors (Lipinski definition) is 1. The summed E-state index contributed by atoms with van der Waals surface area (Å²) in [5, 5.41) is 22.6. The zero-order valence-electron chi connectivity index (χ0n) is 19.5. The van der Waals surface area contributed by atoms with Crippen molar-refractivity contribution in [3.63, 3.8) is 0 Å². The van der Waals surface area contributed by atoms with Gasteiger partial charge in [0.1, 0.15) is 11.1 Å². The summed E-state index contributed by atoms with van der Waals surface area (Å²) in [6, 6.07) is 10.7. The lowest BCUT2D eigenvalue weighted by atomic mass is 9.86. The van der Waals surface area contributed by atoms with Gasteiger partial charge in [-0.3, -0.25) is 4.79 Å². The van der Waals surface area contributed by atoms with Gasteiger partial charge in [0.05, 0.1) is 11.3 Å². The third-order valence-corrected chi connectivity index (χ3v) is 8.50. The maximum atomic E-state index is 12.7. The molecule has 0 aliphatic heterocycles. The van der Waals surface area contributed by atoms with Gasteiger partial charge in [0.25, 0.3) is 0 Å². The molecule has 1 atom stereocenters. The minimum atomic E-state index is -0.132. The number of aromatic nitrogens is 3. The van der Waals surface area contributed by atoms with Gasteiger partial charge >= 0.3 is 0 Å². The Kier molecular flexibility index (Phi) is 7.20. The molecule has 1 amide bonds. The Morgan fingerprint density at radius 2 is 2.09 bits per heavy atom. The molecular formula is C25H29N5OS2. The predicted octanol–water partition coefficient (Wildman–Crippen LogP) is 5.78. The number of fused-ring (bicyclic) bond motifs is 1. The molecule has 0 fully saturated rings. The lowest BCUT2D eigenvalue weighted by Crippen LogP contribution is -2.14. The van der Waals surface area contributed by atoms with Crippen LogP contribution in [0.4, 0.5) is 5.00 Å². The van der Waals surface area contributed by atoms with Crippen LogP contribution in [0.5, 0.6) is 0 Å². The lowest BCUT2D eigenvalue weighted by Gasteiger charge is -2.20. The lowest BCUT2D eigenvalue weighted by molar-refractivity contribution is -0.113. The number of carbonyl (C=O) groups is 1. The van der Waals surface area contributed by atoms with Crippen molar-refractivity contribution in [2.75, 3.05) is 11.1 Å². The van der Waals surface area contributed by atoms with Crippen LogP contribution >= 0.6 is 23.1 Å². The first kappa shape index (κ1) is 23.5. The molecule has 1 aromatic carbocycles. The van der Waals surface area contributed by atoms with E-state index in [1.807, 2.05) is 11.6 Å². The zero-order chi connectivity index (χ0) is 23.5. The van der Waals surface area contributed by atoms with Crippen molar-refractivity contribution >= 4 is 34.0 Å². The van der Waals surface area contributed by atoms with E-state index in [0.717, 1.165) is 42.6 Å². The van der Waals surface area contributed by atoms with Gasteiger partial charge in [-0.2, -0.15) is 5.26 Å². The van der Waals surface area contributed by atoms with Gasteiger partial charge in [-0.1, -0.05) is 63.2 Å². The van der Waals surface area contributed by atoms with E-state index in [1.165, 1.54) is 22.2 Å².